The third-order valence-electron chi connectivity index (χ3n) is 5.03. The molecule has 160 valence electrons. The van der Waals surface area contributed by atoms with Crippen LogP contribution < -0.4 is 20.1 Å². The van der Waals surface area contributed by atoms with Crippen molar-refractivity contribution in [3.8, 4) is 11.5 Å². The van der Waals surface area contributed by atoms with Crippen molar-refractivity contribution < 1.29 is 9.47 Å². The minimum absolute atomic E-state index is 0. The molecule has 0 spiro atoms. The number of rotatable bonds is 9. The molecule has 0 unspecified atom stereocenters. The van der Waals surface area contributed by atoms with E-state index in [1.807, 2.05) is 25.1 Å². The van der Waals surface area contributed by atoms with E-state index >= 15 is 0 Å². The summed E-state index contributed by atoms with van der Waals surface area (Å²) in [4.78, 5) is 7.30. The summed E-state index contributed by atoms with van der Waals surface area (Å²) in [6, 6.07) is 5.85. The van der Waals surface area contributed by atoms with Crippen LogP contribution in [0.4, 0.5) is 5.69 Å². The number of halogens is 1. The van der Waals surface area contributed by atoms with Gasteiger partial charge in [-0.25, -0.2) is 0 Å². The van der Waals surface area contributed by atoms with Crippen molar-refractivity contribution >= 4 is 35.6 Å². The minimum atomic E-state index is 0. The van der Waals surface area contributed by atoms with Crippen LogP contribution in [0.2, 0.25) is 0 Å². The Morgan fingerprint density at radius 3 is 2.54 bits per heavy atom. The number of likely N-dealkylation sites (tertiary alicyclic amines) is 1. The van der Waals surface area contributed by atoms with Crippen LogP contribution in [0.15, 0.2) is 23.2 Å². The zero-order valence-electron chi connectivity index (χ0n) is 17.8. The zero-order chi connectivity index (χ0) is 19.5. The van der Waals surface area contributed by atoms with E-state index in [0.29, 0.717) is 6.61 Å². The second-order valence-corrected chi connectivity index (χ2v) is 6.85. The van der Waals surface area contributed by atoms with E-state index in [0.717, 1.165) is 48.6 Å². The first-order valence-corrected chi connectivity index (χ1v) is 10.3. The molecule has 0 aliphatic carbocycles. The van der Waals surface area contributed by atoms with Crippen molar-refractivity contribution in [3.05, 3.63) is 18.2 Å². The smallest absolute Gasteiger partial charge is 0.195 e. The highest BCUT2D eigenvalue weighted by molar-refractivity contribution is 14.0. The van der Waals surface area contributed by atoms with Crippen LogP contribution in [0.3, 0.4) is 0 Å². The monoisotopic (exact) mass is 504 g/mol. The van der Waals surface area contributed by atoms with Crippen molar-refractivity contribution in [2.45, 2.75) is 40.0 Å². The molecule has 1 aromatic rings. The Morgan fingerprint density at radius 2 is 1.93 bits per heavy atom. The fourth-order valence-corrected chi connectivity index (χ4v) is 3.42. The van der Waals surface area contributed by atoms with Crippen LogP contribution in [0.25, 0.3) is 0 Å². The number of anilines is 1. The van der Waals surface area contributed by atoms with Crippen molar-refractivity contribution in [2.24, 2.45) is 10.9 Å². The molecule has 1 aromatic carbocycles. The zero-order valence-corrected chi connectivity index (χ0v) is 20.1. The normalized spacial score (nSPS) is 15.6. The highest BCUT2D eigenvalue weighted by Crippen LogP contribution is 2.30. The summed E-state index contributed by atoms with van der Waals surface area (Å²) in [6.45, 7) is 12.2. The molecule has 2 rings (SSSR count). The van der Waals surface area contributed by atoms with Crippen molar-refractivity contribution in [1.29, 1.82) is 0 Å². The Labute approximate surface area is 187 Å². The van der Waals surface area contributed by atoms with Gasteiger partial charge < -0.3 is 25.0 Å². The highest BCUT2D eigenvalue weighted by atomic mass is 127. The molecule has 6 nitrogen and oxygen atoms in total. The quantitative estimate of drug-likeness (QED) is 0.300. The molecular weight excluding hydrogens is 467 g/mol. The second-order valence-electron chi connectivity index (χ2n) is 6.85. The van der Waals surface area contributed by atoms with Gasteiger partial charge >= 0.3 is 0 Å². The van der Waals surface area contributed by atoms with Gasteiger partial charge in [0.15, 0.2) is 17.5 Å². The van der Waals surface area contributed by atoms with Gasteiger partial charge in [0, 0.05) is 24.8 Å². The summed E-state index contributed by atoms with van der Waals surface area (Å²) in [5.41, 5.74) is 0.940. The summed E-state index contributed by atoms with van der Waals surface area (Å²) >= 11 is 0. The lowest BCUT2D eigenvalue weighted by Crippen LogP contribution is -2.34. The average molecular weight is 504 g/mol. The van der Waals surface area contributed by atoms with Crippen LogP contribution in [-0.4, -0.2) is 57.3 Å². The van der Waals surface area contributed by atoms with E-state index in [-0.39, 0.29) is 24.0 Å². The van der Waals surface area contributed by atoms with Gasteiger partial charge in [0.1, 0.15) is 0 Å². The SMILES string of the molecule is CCNC(=NCCC1CCN(CC)CC1)Nc1ccc(OC)c(OCC)c1.I. The molecule has 1 heterocycles. The molecule has 28 heavy (non-hydrogen) atoms. The molecule has 0 aromatic heterocycles. The fraction of sp³-hybridized carbons (Fsp3) is 0.667. The summed E-state index contributed by atoms with van der Waals surface area (Å²) in [6.07, 6.45) is 3.74. The Balaban J connectivity index is 0.00000392. The fourth-order valence-electron chi connectivity index (χ4n) is 3.42. The maximum absolute atomic E-state index is 5.66. The Kier molecular flexibility index (Phi) is 12.3. The van der Waals surface area contributed by atoms with Crippen molar-refractivity contribution in [3.63, 3.8) is 0 Å². The largest absolute Gasteiger partial charge is 0.493 e. The van der Waals surface area contributed by atoms with Crippen molar-refractivity contribution in [1.82, 2.24) is 10.2 Å². The molecular formula is C21H37IN4O2. The Bertz CT molecular complexity index is 590. The van der Waals surface area contributed by atoms with Gasteiger partial charge in [0.05, 0.1) is 13.7 Å². The predicted molar refractivity (Wildman–Crippen MR) is 129 cm³/mol. The molecule has 0 atom stereocenters. The maximum atomic E-state index is 5.66. The first kappa shape index (κ1) is 24.8. The maximum Gasteiger partial charge on any atom is 0.195 e. The van der Waals surface area contributed by atoms with E-state index in [9.17, 15) is 0 Å². The van der Waals surface area contributed by atoms with Gasteiger partial charge in [-0.05, 0) is 70.8 Å². The van der Waals surface area contributed by atoms with Crippen LogP contribution in [0.5, 0.6) is 11.5 Å². The third-order valence-corrected chi connectivity index (χ3v) is 5.03. The molecule has 1 saturated heterocycles. The molecule has 0 amide bonds. The van der Waals surface area contributed by atoms with Crippen LogP contribution >= 0.6 is 24.0 Å². The van der Waals surface area contributed by atoms with Gasteiger partial charge in [-0.15, -0.1) is 24.0 Å². The summed E-state index contributed by atoms with van der Waals surface area (Å²) in [5.74, 6) is 3.09. The lowest BCUT2D eigenvalue weighted by Gasteiger charge is -2.30. The number of hydrogen-bond donors (Lipinski definition) is 2. The number of aliphatic imine (C=N–C) groups is 1. The molecule has 1 fully saturated rings. The highest BCUT2D eigenvalue weighted by Gasteiger charge is 2.17. The van der Waals surface area contributed by atoms with Gasteiger partial charge in [-0.1, -0.05) is 6.92 Å². The van der Waals surface area contributed by atoms with Gasteiger partial charge in [-0.2, -0.15) is 0 Å². The Morgan fingerprint density at radius 1 is 1.18 bits per heavy atom. The van der Waals surface area contributed by atoms with E-state index in [1.165, 1.54) is 32.5 Å². The van der Waals surface area contributed by atoms with Crippen LogP contribution in [-0.2, 0) is 0 Å². The van der Waals surface area contributed by atoms with Gasteiger partial charge in [0.25, 0.3) is 0 Å². The average Bonchev–Trinajstić information content (AvgIpc) is 2.69. The minimum Gasteiger partial charge on any atom is -0.493 e. The third kappa shape index (κ3) is 8.03. The lowest BCUT2D eigenvalue weighted by molar-refractivity contribution is 0.188. The number of guanidine groups is 1. The number of ether oxygens (including phenoxy) is 2. The second kappa shape index (κ2) is 13.9. The number of nitrogens with zero attached hydrogens (tertiary/aromatic N) is 2. The topological polar surface area (TPSA) is 58.1 Å². The molecule has 1 aliphatic heterocycles. The number of nitrogens with one attached hydrogen (secondary N) is 2. The summed E-state index contributed by atoms with van der Waals surface area (Å²) < 4.78 is 11.0. The van der Waals surface area contributed by atoms with E-state index in [4.69, 9.17) is 14.5 Å². The van der Waals surface area contributed by atoms with Crippen LogP contribution in [0.1, 0.15) is 40.0 Å². The molecule has 0 bridgehead atoms. The number of piperidine rings is 1. The molecule has 0 radical (unpaired) electrons. The first-order chi connectivity index (χ1) is 13.2. The molecule has 2 N–H and O–H groups in total. The van der Waals surface area contributed by atoms with Gasteiger partial charge in [-0.3, -0.25) is 4.99 Å². The van der Waals surface area contributed by atoms with E-state index < -0.39 is 0 Å². The lowest BCUT2D eigenvalue weighted by atomic mass is 9.94. The van der Waals surface area contributed by atoms with Crippen LogP contribution in [0, 0.1) is 5.92 Å². The molecule has 7 heteroatoms. The predicted octanol–water partition coefficient (Wildman–Crippen LogP) is 4.21. The molecule has 0 saturated carbocycles. The first-order valence-electron chi connectivity index (χ1n) is 10.3. The van der Waals surface area contributed by atoms with Gasteiger partial charge in [0.2, 0.25) is 0 Å². The summed E-state index contributed by atoms with van der Waals surface area (Å²) in [5, 5.41) is 6.70. The van der Waals surface area contributed by atoms with Crippen molar-refractivity contribution in [2.75, 3.05) is 51.8 Å². The number of benzene rings is 1. The standard InChI is InChI=1S/C21H36N4O2.HI/c1-5-22-21(23-13-10-17-11-14-25(6-2)15-12-17)24-18-8-9-19(26-4)20(16-18)27-7-3;/h8-9,16-17H,5-7,10-15H2,1-4H3,(H2,22,23,24);1H. The van der Waals surface area contributed by atoms with E-state index in [1.54, 1.807) is 7.11 Å². The molecule has 1 aliphatic rings. The number of hydrogen-bond acceptors (Lipinski definition) is 4. The number of methoxy groups -OCH3 is 1. The summed E-state index contributed by atoms with van der Waals surface area (Å²) in [7, 11) is 1.65. The Hall–Kier alpha value is -1.22. The van der Waals surface area contributed by atoms with E-state index in [2.05, 4.69) is 29.4 Å².